The molecule has 1 amide bonds. The molecule has 0 aliphatic carbocycles. The van der Waals surface area contributed by atoms with Crippen molar-refractivity contribution in [2.24, 2.45) is 0 Å². The molecule has 7 nitrogen and oxygen atoms in total. The summed E-state index contributed by atoms with van der Waals surface area (Å²) in [5.74, 6) is -0.152. The normalized spacial score (nSPS) is 15.6. The molecule has 4 rings (SSSR count). The van der Waals surface area contributed by atoms with E-state index in [4.69, 9.17) is 0 Å². The average molecular weight is 362 g/mol. The molecule has 1 fully saturated rings. The molecule has 27 heavy (non-hydrogen) atoms. The van der Waals surface area contributed by atoms with Crippen LogP contribution < -0.4 is 5.43 Å². The molecule has 2 aromatic heterocycles. The van der Waals surface area contributed by atoms with Crippen LogP contribution in [0.2, 0.25) is 0 Å². The first kappa shape index (κ1) is 17.4. The van der Waals surface area contributed by atoms with Gasteiger partial charge in [-0.25, -0.2) is 9.69 Å². The highest BCUT2D eigenvalue weighted by molar-refractivity contribution is 5.99. The van der Waals surface area contributed by atoms with E-state index in [1.165, 1.54) is 0 Å². The van der Waals surface area contributed by atoms with Crippen LogP contribution in [0.5, 0.6) is 0 Å². The number of para-hydroxylation sites is 1. The third-order valence-corrected chi connectivity index (χ3v) is 4.68. The van der Waals surface area contributed by atoms with Crippen molar-refractivity contribution in [1.82, 2.24) is 30.1 Å². The van der Waals surface area contributed by atoms with Crippen molar-refractivity contribution in [2.75, 3.05) is 33.2 Å². The van der Waals surface area contributed by atoms with E-state index in [0.717, 1.165) is 37.4 Å². The lowest BCUT2D eigenvalue weighted by atomic mass is 10.1. The van der Waals surface area contributed by atoms with Crippen LogP contribution in [0.15, 0.2) is 61.1 Å². The molecule has 0 saturated carbocycles. The monoisotopic (exact) mass is 362 g/mol. The van der Waals surface area contributed by atoms with E-state index in [0.29, 0.717) is 11.3 Å². The number of nitrogens with one attached hydrogen (secondary N) is 1. The van der Waals surface area contributed by atoms with E-state index in [1.54, 1.807) is 23.3 Å². The Kier molecular flexibility index (Phi) is 4.95. The molecule has 0 radical (unpaired) electrons. The van der Waals surface area contributed by atoms with Gasteiger partial charge in [0.15, 0.2) is 0 Å². The molecule has 3 heterocycles. The average Bonchev–Trinajstić information content (AvgIpc) is 3.17. The number of hydrazine groups is 1. The number of hydrogen-bond acceptors (Lipinski definition) is 5. The van der Waals surface area contributed by atoms with E-state index in [-0.39, 0.29) is 5.91 Å². The van der Waals surface area contributed by atoms with Crippen molar-refractivity contribution in [3.05, 3.63) is 66.6 Å². The molecule has 1 aliphatic heterocycles. The molecule has 1 aliphatic rings. The molecule has 3 aromatic rings. The smallest absolute Gasteiger partial charge is 0.269 e. The molecule has 0 spiro atoms. The van der Waals surface area contributed by atoms with Crippen LogP contribution >= 0.6 is 0 Å². The lowest BCUT2D eigenvalue weighted by Gasteiger charge is -2.32. The molecule has 7 heteroatoms. The fraction of sp³-hybridized carbons (Fsp3) is 0.250. The van der Waals surface area contributed by atoms with Gasteiger partial charge >= 0.3 is 0 Å². The second kappa shape index (κ2) is 7.69. The molecule has 1 saturated heterocycles. The molecule has 0 bridgehead atoms. The Hall–Kier alpha value is -3.03. The highest BCUT2D eigenvalue weighted by Gasteiger charge is 2.22. The number of likely N-dealkylation sites (N-methyl/N-ethyl adjacent to an activating group) is 1. The van der Waals surface area contributed by atoms with Crippen LogP contribution in [0.1, 0.15) is 10.4 Å². The molecular formula is C20H22N6O. The van der Waals surface area contributed by atoms with Crippen molar-refractivity contribution >= 4 is 5.91 Å². The van der Waals surface area contributed by atoms with Gasteiger partial charge in [-0.05, 0) is 31.3 Å². The second-order valence-corrected chi connectivity index (χ2v) is 6.64. The fourth-order valence-corrected chi connectivity index (χ4v) is 3.09. The summed E-state index contributed by atoms with van der Waals surface area (Å²) in [4.78, 5) is 19.4. The fourth-order valence-electron chi connectivity index (χ4n) is 3.09. The van der Waals surface area contributed by atoms with Crippen LogP contribution in [0.4, 0.5) is 0 Å². The van der Waals surface area contributed by atoms with Gasteiger partial charge in [0.2, 0.25) is 0 Å². The SMILES string of the molecule is CN1CCN(NC(=O)c2cn(-c3ccccc3)nc2-c2cccnc2)CC1. The first-order valence-corrected chi connectivity index (χ1v) is 9.01. The zero-order chi connectivity index (χ0) is 18.6. The first-order valence-electron chi connectivity index (χ1n) is 9.01. The minimum Gasteiger partial charge on any atom is -0.304 e. The summed E-state index contributed by atoms with van der Waals surface area (Å²) in [5.41, 5.74) is 5.90. The summed E-state index contributed by atoms with van der Waals surface area (Å²) in [6.07, 6.45) is 5.22. The Morgan fingerprint density at radius 3 is 2.52 bits per heavy atom. The van der Waals surface area contributed by atoms with Gasteiger partial charge in [-0.15, -0.1) is 0 Å². The van der Waals surface area contributed by atoms with Gasteiger partial charge < -0.3 is 4.90 Å². The van der Waals surface area contributed by atoms with Crippen molar-refractivity contribution in [3.63, 3.8) is 0 Å². The second-order valence-electron chi connectivity index (χ2n) is 6.64. The van der Waals surface area contributed by atoms with E-state index in [9.17, 15) is 4.79 Å². The third kappa shape index (κ3) is 3.89. The minimum absolute atomic E-state index is 0.152. The van der Waals surface area contributed by atoms with Crippen LogP contribution in [0.25, 0.3) is 16.9 Å². The van der Waals surface area contributed by atoms with Crippen molar-refractivity contribution in [1.29, 1.82) is 0 Å². The van der Waals surface area contributed by atoms with Gasteiger partial charge in [-0.1, -0.05) is 18.2 Å². The summed E-state index contributed by atoms with van der Waals surface area (Å²) in [6, 6.07) is 13.5. The van der Waals surface area contributed by atoms with Gasteiger partial charge in [0.05, 0.1) is 11.3 Å². The summed E-state index contributed by atoms with van der Waals surface area (Å²) < 4.78 is 1.74. The summed E-state index contributed by atoms with van der Waals surface area (Å²) in [6.45, 7) is 3.46. The highest BCUT2D eigenvalue weighted by Crippen LogP contribution is 2.23. The number of nitrogens with zero attached hydrogens (tertiary/aromatic N) is 5. The Balaban J connectivity index is 1.65. The van der Waals surface area contributed by atoms with Crippen molar-refractivity contribution in [2.45, 2.75) is 0 Å². The maximum absolute atomic E-state index is 13.0. The molecule has 1 aromatic carbocycles. The minimum atomic E-state index is -0.152. The topological polar surface area (TPSA) is 66.3 Å². The number of rotatable bonds is 4. The van der Waals surface area contributed by atoms with Gasteiger partial charge in [0.1, 0.15) is 5.69 Å². The van der Waals surface area contributed by atoms with Gasteiger partial charge in [-0.3, -0.25) is 15.2 Å². The number of carbonyl (C=O) groups is 1. The summed E-state index contributed by atoms with van der Waals surface area (Å²) in [7, 11) is 2.09. The predicted molar refractivity (Wildman–Crippen MR) is 103 cm³/mol. The Labute approximate surface area is 158 Å². The molecule has 1 N–H and O–H groups in total. The molecule has 0 atom stereocenters. The quantitative estimate of drug-likeness (QED) is 0.767. The number of hydrogen-bond donors (Lipinski definition) is 1. The first-order chi connectivity index (χ1) is 13.2. The number of piperazine rings is 1. The van der Waals surface area contributed by atoms with E-state index >= 15 is 0 Å². The van der Waals surface area contributed by atoms with E-state index in [1.807, 2.05) is 47.5 Å². The maximum Gasteiger partial charge on any atom is 0.269 e. The lowest BCUT2D eigenvalue weighted by Crippen LogP contribution is -2.52. The van der Waals surface area contributed by atoms with Gasteiger partial charge in [0, 0.05) is 50.3 Å². The maximum atomic E-state index is 13.0. The van der Waals surface area contributed by atoms with Crippen molar-refractivity contribution < 1.29 is 4.79 Å². The largest absolute Gasteiger partial charge is 0.304 e. The number of carbonyl (C=O) groups excluding carboxylic acids is 1. The zero-order valence-corrected chi connectivity index (χ0v) is 15.2. The lowest BCUT2D eigenvalue weighted by molar-refractivity contribution is 0.0663. The predicted octanol–water partition coefficient (Wildman–Crippen LogP) is 1.83. The summed E-state index contributed by atoms with van der Waals surface area (Å²) >= 11 is 0. The molecule has 138 valence electrons. The summed E-state index contributed by atoms with van der Waals surface area (Å²) in [5, 5.41) is 6.63. The number of pyridine rings is 1. The van der Waals surface area contributed by atoms with Crippen LogP contribution in [0, 0.1) is 0 Å². The third-order valence-electron chi connectivity index (χ3n) is 4.68. The van der Waals surface area contributed by atoms with Crippen LogP contribution in [0.3, 0.4) is 0 Å². The Bertz CT molecular complexity index is 901. The van der Waals surface area contributed by atoms with Crippen LogP contribution in [-0.4, -0.2) is 63.8 Å². The zero-order valence-electron chi connectivity index (χ0n) is 15.2. The van der Waals surface area contributed by atoms with Gasteiger partial charge in [-0.2, -0.15) is 5.10 Å². The Morgan fingerprint density at radius 2 is 1.81 bits per heavy atom. The number of amides is 1. The van der Waals surface area contributed by atoms with E-state index < -0.39 is 0 Å². The van der Waals surface area contributed by atoms with E-state index in [2.05, 4.69) is 27.5 Å². The van der Waals surface area contributed by atoms with Crippen LogP contribution in [-0.2, 0) is 0 Å². The van der Waals surface area contributed by atoms with Gasteiger partial charge in [0.25, 0.3) is 5.91 Å². The standard InChI is InChI=1S/C20H22N6O/c1-24-10-12-25(13-11-24)23-20(27)18-15-26(17-7-3-2-4-8-17)22-19(18)16-6-5-9-21-14-16/h2-9,14-15H,10-13H2,1H3,(H,23,27). The molecule has 0 unspecified atom stereocenters. The molecular weight excluding hydrogens is 340 g/mol. The highest BCUT2D eigenvalue weighted by atomic mass is 16.2. The number of benzene rings is 1. The Morgan fingerprint density at radius 1 is 1.04 bits per heavy atom. The number of aromatic nitrogens is 3. The van der Waals surface area contributed by atoms with Crippen molar-refractivity contribution in [3.8, 4) is 16.9 Å².